The lowest BCUT2D eigenvalue weighted by Crippen LogP contribution is -2.25. The fourth-order valence-corrected chi connectivity index (χ4v) is 1.21. The molecule has 3 nitrogen and oxygen atoms in total. The highest BCUT2D eigenvalue weighted by molar-refractivity contribution is 5.94. The molecule has 0 aliphatic carbocycles. The molecule has 1 aromatic heterocycles. The summed E-state index contributed by atoms with van der Waals surface area (Å²) in [4.78, 5) is 15.0. The van der Waals surface area contributed by atoms with Gasteiger partial charge in [0.1, 0.15) is 0 Å². The van der Waals surface area contributed by atoms with Crippen LogP contribution >= 0.6 is 0 Å². The van der Waals surface area contributed by atoms with E-state index in [9.17, 15) is 9.18 Å². The van der Waals surface area contributed by atoms with Crippen LogP contribution in [0.15, 0.2) is 18.5 Å². The molecule has 0 bridgehead atoms. The van der Waals surface area contributed by atoms with E-state index in [1.54, 1.807) is 0 Å². The van der Waals surface area contributed by atoms with Gasteiger partial charge in [-0.25, -0.2) is 4.39 Å². The van der Waals surface area contributed by atoms with Crippen LogP contribution in [0.4, 0.5) is 4.39 Å². The quantitative estimate of drug-likeness (QED) is 0.606. The number of aromatic nitrogens is 1. The van der Waals surface area contributed by atoms with E-state index in [0.29, 0.717) is 13.0 Å². The molecular weight excluding hydrogens is 207 g/mol. The number of halogens is 1. The number of unbranched alkanes of at least 4 members (excludes halogenated alkanes) is 2. The van der Waals surface area contributed by atoms with Crippen LogP contribution in [0.5, 0.6) is 0 Å². The Labute approximate surface area is 94.1 Å². The first-order valence-corrected chi connectivity index (χ1v) is 5.07. The minimum Gasteiger partial charge on any atom is -0.352 e. The zero-order valence-corrected chi connectivity index (χ0v) is 8.87. The van der Waals surface area contributed by atoms with Gasteiger partial charge in [0.25, 0.3) is 5.91 Å². The van der Waals surface area contributed by atoms with Crippen LogP contribution in [0.3, 0.4) is 0 Å². The van der Waals surface area contributed by atoms with Crippen LogP contribution < -0.4 is 5.32 Å². The number of nitrogens with one attached hydrogen (secondary N) is 1. The molecule has 4 heteroatoms. The van der Waals surface area contributed by atoms with Crippen LogP contribution in [0.2, 0.25) is 0 Å². The fourth-order valence-electron chi connectivity index (χ4n) is 1.21. The lowest BCUT2D eigenvalue weighted by atomic mass is 10.2. The summed E-state index contributed by atoms with van der Waals surface area (Å²) in [6.45, 7) is 0.502. The van der Waals surface area contributed by atoms with E-state index in [1.165, 1.54) is 12.3 Å². The number of carbonyl (C=O) groups is 1. The summed E-state index contributed by atoms with van der Waals surface area (Å²) in [6.07, 6.45) is 9.84. The van der Waals surface area contributed by atoms with Gasteiger partial charge in [0, 0.05) is 19.2 Å². The van der Waals surface area contributed by atoms with Crippen LogP contribution in [0.25, 0.3) is 0 Å². The maximum Gasteiger partial charge on any atom is 0.254 e. The Kier molecular flexibility index (Phi) is 5.00. The van der Waals surface area contributed by atoms with E-state index < -0.39 is 11.7 Å². The second-order valence-electron chi connectivity index (χ2n) is 3.27. The number of rotatable bonds is 5. The number of amides is 1. The SMILES string of the molecule is C#CCCCCNC(=O)c1ccncc1F. The van der Waals surface area contributed by atoms with Crippen molar-refractivity contribution in [2.24, 2.45) is 0 Å². The smallest absolute Gasteiger partial charge is 0.254 e. The van der Waals surface area contributed by atoms with Crippen molar-refractivity contribution < 1.29 is 9.18 Å². The Balaban J connectivity index is 2.36. The van der Waals surface area contributed by atoms with Gasteiger partial charge in [-0.15, -0.1) is 12.3 Å². The summed E-state index contributed by atoms with van der Waals surface area (Å²) < 4.78 is 13.1. The molecule has 0 radical (unpaired) electrons. The minimum atomic E-state index is -0.608. The lowest BCUT2D eigenvalue weighted by molar-refractivity contribution is 0.0949. The highest BCUT2D eigenvalue weighted by Gasteiger charge is 2.09. The summed E-state index contributed by atoms with van der Waals surface area (Å²) in [5.74, 6) is 1.49. The molecule has 0 saturated carbocycles. The van der Waals surface area contributed by atoms with Crippen molar-refractivity contribution in [3.8, 4) is 12.3 Å². The summed E-state index contributed by atoms with van der Waals surface area (Å²) in [5, 5.41) is 2.62. The second kappa shape index (κ2) is 6.57. The first-order chi connectivity index (χ1) is 7.75. The molecule has 0 atom stereocenters. The molecule has 0 aliphatic heterocycles. The van der Waals surface area contributed by atoms with Crippen LogP contribution in [-0.2, 0) is 0 Å². The number of hydrogen-bond acceptors (Lipinski definition) is 2. The fraction of sp³-hybridized carbons (Fsp3) is 0.333. The maximum atomic E-state index is 13.1. The first-order valence-electron chi connectivity index (χ1n) is 5.07. The van der Waals surface area contributed by atoms with Gasteiger partial charge < -0.3 is 5.32 Å². The predicted octanol–water partition coefficient (Wildman–Crippen LogP) is 1.75. The largest absolute Gasteiger partial charge is 0.352 e. The van der Waals surface area contributed by atoms with Gasteiger partial charge in [0.2, 0.25) is 0 Å². The zero-order valence-electron chi connectivity index (χ0n) is 8.87. The molecule has 84 valence electrons. The van der Waals surface area contributed by atoms with Crippen molar-refractivity contribution in [1.82, 2.24) is 10.3 Å². The lowest BCUT2D eigenvalue weighted by Gasteiger charge is -2.04. The van der Waals surface area contributed by atoms with Crippen molar-refractivity contribution in [2.45, 2.75) is 19.3 Å². The van der Waals surface area contributed by atoms with Gasteiger partial charge >= 0.3 is 0 Å². The number of nitrogens with zero attached hydrogens (tertiary/aromatic N) is 1. The molecule has 1 amide bonds. The molecule has 1 rings (SSSR count). The normalized spacial score (nSPS) is 9.50. The third-order valence-electron chi connectivity index (χ3n) is 2.05. The molecule has 0 aromatic carbocycles. The van der Waals surface area contributed by atoms with Gasteiger partial charge in [-0.3, -0.25) is 9.78 Å². The minimum absolute atomic E-state index is 0.0203. The van der Waals surface area contributed by atoms with Gasteiger partial charge in [0.15, 0.2) is 5.82 Å². The molecule has 1 N–H and O–H groups in total. The Morgan fingerprint density at radius 3 is 3.06 bits per heavy atom. The highest BCUT2D eigenvalue weighted by atomic mass is 19.1. The zero-order chi connectivity index (χ0) is 11.8. The predicted molar refractivity (Wildman–Crippen MR) is 59.2 cm³/mol. The molecule has 0 fully saturated rings. The molecule has 1 aromatic rings. The van der Waals surface area contributed by atoms with Crippen LogP contribution in [-0.4, -0.2) is 17.4 Å². The van der Waals surface area contributed by atoms with E-state index in [-0.39, 0.29) is 5.56 Å². The number of terminal acetylenes is 1. The molecule has 0 unspecified atom stereocenters. The molecule has 0 saturated heterocycles. The second-order valence-corrected chi connectivity index (χ2v) is 3.27. The van der Waals surface area contributed by atoms with Gasteiger partial charge in [-0.05, 0) is 18.9 Å². The number of carbonyl (C=O) groups excluding carboxylic acids is 1. The van der Waals surface area contributed by atoms with Crippen molar-refractivity contribution in [2.75, 3.05) is 6.54 Å². The Hall–Kier alpha value is -1.89. The molecule has 0 spiro atoms. The Morgan fingerprint density at radius 1 is 1.56 bits per heavy atom. The van der Waals surface area contributed by atoms with Gasteiger partial charge in [-0.1, -0.05) is 0 Å². The molecular formula is C12H13FN2O. The van der Waals surface area contributed by atoms with E-state index >= 15 is 0 Å². The average molecular weight is 220 g/mol. The number of pyridine rings is 1. The summed E-state index contributed by atoms with van der Waals surface area (Å²) in [6, 6.07) is 1.35. The highest BCUT2D eigenvalue weighted by Crippen LogP contribution is 2.03. The Morgan fingerprint density at radius 2 is 2.38 bits per heavy atom. The molecule has 16 heavy (non-hydrogen) atoms. The third-order valence-corrected chi connectivity index (χ3v) is 2.05. The Bertz CT molecular complexity index is 398. The van der Waals surface area contributed by atoms with E-state index in [2.05, 4.69) is 16.2 Å². The van der Waals surface area contributed by atoms with E-state index in [4.69, 9.17) is 6.42 Å². The topological polar surface area (TPSA) is 42.0 Å². The standard InChI is InChI=1S/C12H13FN2O/c1-2-3-4-5-7-15-12(16)10-6-8-14-9-11(10)13/h1,6,8-9H,3-5,7H2,(H,15,16). The van der Waals surface area contributed by atoms with Crippen molar-refractivity contribution in [3.63, 3.8) is 0 Å². The first kappa shape index (κ1) is 12.2. The monoisotopic (exact) mass is 220 g/mol. The van der Waals surface area contributed by atoms with Gasteiger partial charge in [0.05, 0.1) is 11.8 Å². The van der Waals surface area contributed by atoms with Crippen molar-refractivity contribution >= 4 is 5.91 Å². The van der Waals surface area contributed by atoms with Crippen molar-refractivity contribution in [1.29, 1.82) is 0 Å². The van der Waals surface area contributed by atoms with Crippen molar-refractivity contribution in [3.05, 3.63) is 29.8 Å². The molecule has 1 heterocycles. The van der Waals surface area contributed by atoms with Crippen LogP contribution in [0, 0.1) is 18.2 Å². The summed E-state index contributed by atoms with van der Waals surface area (Å²) >= 11 is 0. The third kappa shape index (κ3) is 3.70. The molecule has 0 aliphatic rings. The van der Waals surface area contributed by atoms with Crippen LogP contribution in [0.1, 0.15) is 29.6 Å². The maximum absolute atomic E-state index is 13.1. The summed E-state index contributed by atoms with van der Waals surface area (Å²) in [5.41, 5.74) is 0.0203. The average Bonchev–Trinajstić information content (AvgIpc) is 2.29. The van der Waals surface area contributed by atoms with E-state index in [1.807, 2.05) is 0 Å². The summed E-state index contributed by atoms with van der Waals surface area (Å²) in [7, 11) is 0. The van der Waals surface area contributed by atoms with Gasteiger partial charge in [-0.2, -0.15) is 0 Å². The number of hydrogen-bond donors (Lipinski definition) is 1. The van der Waals surface area contributed by atoms with E-state index in [0.717, 1.165) is 19.0 Å².